The van der Waals surface area contributed by atoms with Crippen LogP contribution in [0.4, 0.5) is 0 Å². The molecule has 6 nitrogen and oxygen atoms in total. The number of fused-ring (bicyclic) bond motifs is 1. The van der Waals surface area contributed by atoms with Crippen LogP contribution in [-0.4, -0.2) is 46.1 Å². The zero-order valence-corrected chi connectivity index (χ0v) is 17.3. The lowest BCUT2D eigenvalue weighted by Gasteiger charge is -2.25. The van der Waals surface area contributed by atoms with Crippen LogP contribution < -0.4 is 9.46 Å². The van der Waals surface area contributed by atoms with E-state index in [0.29, 0.717) is 5.52 Å². The van der Waals surface area contributed by atoms with Crippen molar-refractivity contribution in [2.24, 2.45) is 0 Å². The molecule has 0 unspecified atom stereocenters. The summed E-state index contributed by atoms with van der Waals surface area (Å²) in [4.78, 5) is 6.51. The van der Waals surface area contributed by atoms with Gasteiger partial charge in [0.05, 0.1) is 12.6 Å². The smallest absolute Gasteiger partial charge is 0.242 e. The summed E-state index contributed by atoms with van der Waals surface area (Å²) >= 11 is 0. The first-order chi connectivity index (χ1) is 13.3. The number of likely N-dealkylation sites (N-methyl/N-ethyl adjacent to an activating group) is 1. The topological polar surface area (TPSA) is 71.5 Å². The maximum absolute atomic E-state index is 13.0. The van der Waals surface area contributed by atoms with E-state index in [-0.39, 0.29) is 17.5 Å². The van der Waals surface area contributed by atoms with Crippen LogP contribution in [0.25, 0.3) is 10.9 Å². The molecule has 148 valence electrons. The fourth-order valence-corrected chi connectivity index (χ4v) is 4.39. The van der Waals surface area contributed by atoms with Gasteiger partial charge in [-0.3, -0.25) is 4.98 Å². The van der Waals surface area contributed by atoms with E-state index in [1.54, 1.807) is 25.4 Å². The quantitative estimate of drug-likeness (QED) is 0.661. The molecule has 2 aromatic carbocycles. The van der Waals surface area contributed by atoms with E-state index >= 15 is 0 Å². The summed E-state index contributed by atoms with van der Waals surface area (Å²) in [7, 11) is 1.73. The molecule has 1 atom stereocenters. The molecule has 0 bridgehead atoms. The summed E-state index contributed by atoms with van der Waals surface area (Å²) in [6.45, 7) is 2.16. The van der Waals surface area contributed by atoms with E-state index in [0.717, 1.165) is 22.3 Å². The predicted molar refractivity (Wildman–Crippen MR) is 111 cm³/mol. The minimum absolute atomic E-state index is 0.143. The molecular weight excluding hydrogens is 374 g/mol. The van der Waals surface area contributed by atoms with Gasteiger partial charge in [0.15, 0.2) is 0 Å². The number of ether oxygens (including phenoxy) is 1. The van der Waals surface area contributed by atoms with Crippen LogP contribution in [0.3, 0.4) is 0 Å². The molecule has 0 aliphatic rings. The van der Waals surface area contributed by atoms with Gasteiger partial charge in [-0.2, -0.15) is 0 Å². The monoisotopic (exact) mass is 399 g/mol. The summed E-state index contributed by atoms with van der Waals surface area (Å²) in [6.07, 6.45) is 1.68. The normalized spacial score (nSPS) is 13.0. The number of pyridine rings is 1. The van der Waals surface area contributed by atoms with E-state index in [1.165, 1.54) is 0 Å². The average molecular weight is 400 g/mol. The third kappa shape index (κ3) is 4.32. The molecule has 0 amide bonds. The lowest BCUT2D eigenvalue weighted by Crippen LogP contribution is -2.34. The summed E-state index contributed by atoms with van der Waals surface area (Å²) < 4.78 is 34.1. The SMILES string of the molecule is COc1cccc([C@H](CNS(=O)(=O)c2cccc3cc(C)cnc23)N(C)C)c1. The molecule has 1 heterocycles. The lowest BCUT2D eigenvalue weighted by atomic mass is 10.1. The molecule has 28 heavy (non-hydrogen) atoms. The van der Waals surface area contributed by atoms with E-state index < -0.39 is 10.0 Å². The van der Waals surface area contributed by atoms with Gasteiger partial charge in [-0.1, -0.05) is 24.3 Å². The number of nitrogens with zero attached hydrogens (tertiary/aromatic N) is 2. The Labute approximate surface area is 166 Å². The molecule has 0 radical (unpaired) electrons. The van der Waals surface area contributed by atoms with Crippen molar-refractivity contribution in [3.8, 4) is 5.75 Å². The molecule has 3 rings (SSSR count). The van der Waals surface area contributed by atoms with Gasteiger partial charge in [0.1, 0.15) is 10.6 Å². The molecule has 0 spiro atoms. The standard InChI is InChI=1S/C21H25N3O3S/c1-15-11-17-8-6-10-20(21(17)22-13-15)28(25,26)23-14-19(24(2)3)16-7-5-9-18(12-16)27-4/h5-13,19,23H,14H2,1-4H3/t19-/m0/s1. The van der Waals surface area contributed by atoms with E-state index in [2.05, 4.69) is 9.71 Å². The van der Waals surface area contributed by atoms with Gasteiger partial charge in [0.25, 0.3) is 0 Å². The Morgan fingerprint density at radius 2 is 1.89 bits per heavy atom. The van der Waals surface area contributed by atoms with Gasteiger partial charge in [0.2, 0.25) is 10.0 Å². The van der Waals surface area contributed by atoms with Gasteiger partial charge in [-0.05, 0) is 56.4 Å². The Balaban J connectivity index is 1.89. The number of rotatable bonds is 7. The Kier molecular flexibility index (Phi) is 5.98. The third-order valence-corrected chi connectivity index (χ3v) is 6.12. The molecule has 1 aromatic heterocycles. The number of nitrogens with one attached hydrogen (secondary N) is 1. The van der Waals surface area contributed by atoms with Crippen LogP contribution in [-0.2, 0) is 10.0 Å². The average Bonchev–Trinajstić information content (AvgIpc) is 2.67. The fourth-order valence-electron chi connectivity index (χ4n) is 3.17. The molecule has 3 aromatic rings. The van der Waals surface area contributed by atoms with Crippen molar-refractivity contribution in [1.29, 1.82) is 0 Å². The highest BCUT2D eigenvalue weighted by Crippen LogP contribution is 2.24. The molecular formula is C21H25N3O3S. The van der Waals surface area contributed by atoms with Gasteiger partial charge < -0.3 is 9.64 Å². The largest absolute Gasteiger partial charge is 0.497 e. The van der Waals surface area contributed by atoms with Crippen molar-refractivity contribution in [2.45, 2.75) is 17.9 Å². The van der Waals surface area contributed by atoms with Crippen LogP contribution in [0, 0.1) is 6.92 Å². The van der Waals surface area contributed by atoms with Crippen molar-refractivity contribution < 1.29 is 13.2 Å². The predicted octanol–water partition coefficient (Wildman–Crippen LogP) is 3.13. The number of hydrogen-bond donors (Lipinski definition) is 1. The van der Waals surface area contributed by atoms with Crippen LogP contribution >= 0.6 is 0 Å². The number of methoxy groups -OCH3 is 1. The molecule has 0 aliphatic heterocycles. The van der Waals surface area contributed by atoms with Crippen LogP contribution in [0.2, 0.25) is 0 Å². The van der Waals surface area contributed by atoms with Crippen molar-refractivity contribution in [3.63, 3.8) is 0 Å². The molecule has 1 N–H and O–H groups in total. The van der Waals surface area contributed by atoms with Crippen molar-refractivity contribution in [2.75, 3.05) is 27.7 Å². The Bertz CT molecular complexity index is 1080. The first-order valence-corrected chi connectivity index (χ1v) is 10.5. The summed E-state index contributed by atoms with van der Waals surface area (Å²) in [5.74, 6) is 0.737. The van der Waals surface area contributed by atoms with Crippen molar-refractivity contribution in [3.05, 3.63) is 65.9 Å². The fraction of sp³-hybridized carbons (Fsp3) is 0.286. The van der Waals surface area contributed by atoms with Gasteiger partial charge in [-0.15, -0.1) is 0 Å². The van der Waals surface area contributed by atoms with Crippen molar-refractivity contribution >= 4 is 20.9 Å². The molecule has 0 aliphatic carbocycles. The Hall–Kier alpha value is -2.48. The highest BCUT2D eigenvalue weighted by Gasteiger charge is 2.22. The summed E-state index contributed by atoms with van der Waals surface area (Å²) in [5, 5.41) is 0.805. The molecule has 0 saturated heterocycles. The Morgan fingerprint density at radius 1 is 1.14 bits per heavy atom. The number of benzene rings is 2. The van der Waals surface area contributed by atoms with E-state index in [9.17, 15) is 8.42 Å². The molecule has 7 heteroatoms. The maximum Gasteiger partial charge on any atom is 0.242 e. The minimum Gasteiger partial charge on any atom is -0.497 e. The van der Waals surface area contributed by atoms with Crippen LogP contribution in [0.15, 0.2) is 59.6 Å². The summed E-state index contributed by atoms with van der Waals surface area (Å²) in [5.41, 5.74) is 2.43. The van der Waals surface area contributed by atoms with E-state index in [1.807, 2.05) is 62.3 Å². The number of hydrogen-bond acceptors (Lipinski definition) is 5. The van der Waals surface area contributed by atoms with Gasteiger partial charge in [0, 0.05) is 24.2 Å². The second kappa shape index (κ2) is 8.26. The number of aryl methyl sites for hydroxylation is 1. The number of aromatic nitrogens is 1. The van der Waals surface area contributed by atoms with Gasteiger partial charge >= 0.3 is 0 Å². The van der Waals surface area contributed by atoms with E-state index in [4.69, 9.17) is 4.74 Å². The maximum atomic E-state index is 13.0. The second-order valence-corrected chi connectivity index (χ2v) is 8.68. The summed E-state index contributed by atoms with van der Waals surface area (Å²) in [6, 6.07) is 14.6. The lowest BCUT2D eigenvalue weighted by molar-refractivity contribution is 0.298. The Morgan fingerprint density at radius 3 is 2.61 bits per heavy atom. The molecule has 0 saturated carbocycles. The third-order valence-electron chi connectivity index (χ3n) is 4.67. The minimum atomic E-state index is -3.72. The first kappa shape index (κ1) is 20.3. The number of para-hydroxylation sites is 1. The molecule has 0 fully saturated rings. The first-order valence-electron chi connectivity index (χ1n) is 8.97. The number of sulfonamides is 1. The second-order valence-electron chi connectivity index (χ2n) is 6.95. The van der Waals surface area contributed by atoms with Crippen LogP contribution in [0.5, 0.6) is 5.75 Å². The highest BCUT2D eigenvalue weighted by atomic mass is 32.2. The zero-order chi connectivity index (χ0) is 20.3. The highest BCUT2D eigenvalue weighted by molar-refractivity contribution is 7.89. The van der Waals surface area contributed by atoms with Crippen molar-refractivity contribution in [1.82, 2.24) is 14.6 Å². The zero-order valence-electron chi connectivity index (χ0n) is 16.5. The van der Waals surface area contributed by atoms with Crippen LogP contribution in [0.1, 0.15) is 17.2 Å². The van der Waals surface area contributed by atoms with Gasteiger partial charge in [-0.25, -0.2) is 13.1 Å².